The van der Waals surface area contributed by atoms with Crippen LogP contribution >= 0.6 is 0 Å². The maximum atomic E-state index is 11.9. The molecule has 9 heteroatoms. The molecule has 1 saturated heterocycles. The Kier molecular flexibility index (Phi) is 6.48. The number of esters is 1. The molecule has 0 aromatic heterocycles. The summed E-state index contributed by atoms with van der Waals surface area (Å²) in [6.45, 7) is 1.18. The van der Waals surface area contributed by atoms with Gasteiger partial charge in [-0.2, -0.15) is 0 Å². The molecule has 1 aromatic rings. The fraction of sp³-hybridized carbons (Fsp3) is 0.444. The van der Waals surface area contributed by atoms with Crippen LogP contribution in [0.2, 0.25) is 0 Å². The van der Waals surface area contributed by atoms with Gasteiger partial charge in [0.05, 0.1) is 31.3 Å². The third-order valence-electron chi connectivity index (χ3n) is 4.11. The Morgan fingerprint density at radius 2 is 1.93 bits per heavy atom. The number of hydrogen-bond donors (Lipinski definition) is 1. The van der Waals surface area contributed by atoms with Crippen LogP contribution in [-0.4, -0.2) is 58.2 Å². The summed E-state index contributed by atoms with van der Waals surface area (Å²) in [4.78, 5) is 23.7. The van der Waals surface area contributed by atoms with E-state index >= 15 is 0 Å². The van der Waals surface area contributed by atoms with E-state index in [1.165, 1.54) is 26.4 Å². The highest BCUT2D eigenvalue weighted by atomic mass is 32.2. The number of methoxy groups -OCH3 is 2. The summed E-state index contributed by atoms with van der Waals surface area (Å²) < 4.78 is 38.3. The summed E-state index contributed by atoms with van der Waals surface area (Å²) in [7, 11) is -0.101. The van der Waals surface area contributed by atoms with Gasteiger partial charge < -0.3 is 19.5 Å². The van der Waals surface area contributed by atoms with Crippen molar-refractivity contribution in [3.05, 3.63) is 29.8 Å². The van der Waals surface area contributed by atoms with Crippen molar-refractivity contribution in [2.24, 2.45) is 0 Å². The average Bonchev–Trinajstić information content (AvgIpc) is 2.90. The number of amides is 1. The van der Waals surface area contributed by atoms with Crippen LogP contribution in [0.5, 0.6) is 11.5 Å². The zero-order chi connectivity index (χ0) is 20.1. The Bertz CT molecular complexity index is 847. The third kappa shape index (κ3) is 5.99. The summed E-state index contributed by atoms with van der Waals surface area (Å²) in [5, 5.41) is 2.62. The number of nitrogens with one attached hydrogen (secondary N) is 1. The first-order chi connectivity index (χ1) is 12.7. The van der Waals surface area contributed by atoms with Crippen molar-refractivity contribution in [2.45, 2.75) is 18.9 Å². The molecule has 0 saturated carbocycles. The minimum absolute atomic E-state index is 0.0393. The minimum atomic E-state index is -3.13. The van der Waals surface area contributed by atoms with Gasteiger partial charge in [0, 0.05) is 6.08 Å². The highest BCUT2D eigenvalue weighted by molar-refractivity contribution is 7.91. The van der Waals surface area contributed by atoms with E-state index in [2.05, 4.69) is 5.32 Å². The second-order valence-corrected chi connectivity index (χ2v) is 8.69. The van der Waals surface area contributed by atoms with Crippen LogP contribution < -0.4 is 14.8 Å². The number of hydrogen-bond acceptors (Lipinski definition) is 7. The van der Waals surface area contributed by atoms with E-state index < -0.39 is 33.9 Å². The molecule has 27 heavy (non-hydrogen) atoms. The van der Waals surface area contributed by atoms with E-state index in [9.17, 15) is 18.0 Å². The number of sulfone groups is 1. The maximum absolute atomic E-state index is 11.9. The molecule has 8 nitrogen and oxygen atoms in total. The van der Waals surface area contributed by atoms with Gasteiger partial charge in [-0.1, -0.05) is 6.07 Å². The van der Waals surface area contributed by atoms with Gasteiger partial charge in [-0.3, -0.25) is 4.79 Å². The first kappa shape index (κ1) is 20.8. The van der Waals surface area contributed by atoms with Crippen LogP contribution in [0, 0.1) is 0 Å². The molecule has 0 spiro atoms. The molecule has 1 aliphatic rings. The summed E-state index contributed by atoms with van der Waals surface area (Å²) in [5.41, 5.74) is -0.129. The topological polar surface area (TPSA) is 108 Å². The van der Waals surface area contributed by atoms with E-state index in [4.69, 9.17) is 14.2 Å². The SMILES string of the molecule is COc1ccc(/C=C/C(=O)OCC(=O)N[C@@]2(C)CCS(=O)(=O)C2)cc1OC. The third-order valence-corrected chi connectivity index (χ3v) is 6.01. The molecule has 1 aliphatic heterocycles. The summed E-state index contributed by atoms with van der Waals surface area (Å²) in [6, 6.07) is 5.13. The molecular weight excluding hydrogens is 374 g/mol. The van der Waals surface area contributed by atoms with E-state index in [0.717, 1.165) is 0 Å². The molecule has 2 rings (SSSR count). The Morgan fingerprint density at radius 1 is 1.22 bits per heavy atom. The molecule has 1 amide bonds. The predicted octanol–water partition coefficient (Wildman–Crippen LogP) is 0.954. The zero-order valence-corrected chi connectivity index (χ0v) is 16.3. The molecule has 0 aliphatic carbocycles. The Labute approximate surface area is 158 Å². The lowest BCUT2D eigenvalue weighted by Crippen LogP contribution is -2.48. The van der Waals surface area contributed by atoms with Gasteiger partial charge in [0.15, 0.2) is 27.9 Å². The second-order valence-electron chi connectivity index (χ2n) is 6.51. The Balaban J connectivity index is 1.85. The molecular formula is C18H23NO7S. The summed E-state index contributed by atoms with van der Waals surface area (Å²) in [6.07, 6.45) is 3.05. The van der Waals surface area contributed by atoms with Crippen LogP contribution in [0.25, 0.3) is 6.08 Å². The van der Waals surface area contributed by atoms with Crippen molar-refractivity contribution >= 4 is 27.8 Å². The van der Waals surface area contributed by atoms with Crippen molar-refractivity contribution in [2.75, 3.05) is 32.3 Å². The summed E-state index contributed by atoms with van der Waals surface area (Å²) >= 11 is 0. The minimum Gasteiger partial charge on any atom is -0.493 e. The number of carbonyl (C=O) groups is 2. The van der Waals surface area contributed by atoms with Gasteiger partial charge in [-0.25, -0.2) is 13.2 Å². The first-order valence-corrected chi connectivity index (χ1v) is 10.1. The number of benzene rings is 1. The standard InChI is InChI=1S/C18H23NO7S/c1-18(8-9-27(22,23)12-18)19-16(20)11-26-17(21)7-5-13-4-6-14(24-2)15(10-13)25-3/h4-7,10H,8-9,11-12H2,1-3H3,(H,19,20)/b7-5+/t18-/m0/s1. The second kappa shape index (κ2) is 8.43. The van der Waals surface area contributed by atoms with Crippen molar-refractivity contribution in [3.63, 3.8) is 0 Å². The van der Waals surface area contributed by atoms with Crippen LogP contribution in [0.15, 0.2) is 24.3 Å². The van der Waals surface area contributed by atoms with Gasteiger partial charge in [-0.05, 0) is 37.1 Å². The van der Waals surface area contributed by atoms with Crippen LogP contribution in [0.1, 0.15) is 18.9 Å². The maximum Gasteiger partial charge on any atom is 0.331 e. The average molecular weight is 397 g/mol. The highest BCUT2D eigenvalue weighted by Gasteiger charge is 2.39. The fourth-order valence-corrected chi connectivity index (χ4v) is 4.88. The molecule has 148 valence electrons. The summed E-state index contributed by atoms with van der Waals surface area (Å²) in [5.74, 6) is -0.216. The normalized spacial score (nSPS) is 21.0. The van der Waals surface area contributed by atoms with Crippen LogP contribution in [0.3, 0.4) is 0 Å². The number of ether oxygens (including phenoxy) is 3. The lowest BCUT2D eigenvalue weighted by molar-refractivity contribution is -0.144. The van der Waals surface area contributed by atoms with Crippen molar-refractivity contribution in [1.29, 1.82) is 0 Å². The highest BCUT2D eigenvalue weighted by Crippen LogP contribution is 2.28. The van der Waals surface area contributed by atoms with E-state index in [0.29, 0.717) is 23.5 Å². The zero-order valence-electron chi connectivity index (χ0n) is 15.5. The quantitative estimate of drug-likeness (QED) is 0.539. The monoisotopic (exact) mass is 397 g/mol. The lowest BCUT2D eigenvalue weighted by atomic mass is 10.0. The van der Waals surface area contributed by atoms with Crippen molar-refractivity contribution in [1.82, 2.24) is 5.32 Å². The lowest BCUT2D eigenvalue weighted by Gasteiger charge is -2.23. The van der Waals surface area contributed by atoms with Gasteiger partial charge in [-0.15, -0.1) is 0 Å². The molecule has 0 unspecified atom stereocenters. The largest absolute Gasteiger partial charge is 0.493 e. The Morgan fingerprint density at radius 3 is 2.52 bits per heavy atom. The smallest absolute Gasteiger partial charge is 0.331 e. The van der Waals surface area contributed by atoms with Crippen LogP contribution in [0.4, 0.5) is 0 Å². The first-order valence-electron chi connectivity index (χ1n) is 8.25. The number of carbonyl (C=O) groups excluding carboxylic acids is 2. The molecule has 1 fully saturated rings. The number of rotatable bonds is 7. The van der Waals surface area contributed by atoms with Crippen molar-refractivity contribution in [3.8, 4) is 11.5 Å². The molecule has 1 aromatic carbocycles. The van der Waals surface area contributed by atoms with Gasteiger partial charge >= 0.3 is 5.97 Å². The molecule has 1 heterocycles. The van der Waals surface area contributed by atoms with Crippen LogP contribution in [-0.2, 0) is 24.2 Å². The van der Waals surface area contributed by atoms with Gasteiger partial charge in [0.1, 0.15) is 0 Å². The van der Waals surface area contributed by atoms with E-state index in [1.807, 2.05) is 0 Å². The molecule has 1 atom stereocenters. The fourth-order valence-electron chi connectivity index (χ4n) is 2.79. The molecule has 1 N–H and O–H groups in total. The van der Waals surface area contributed by atoms with E-state index in [-0.39, 0.29) is 11.5 Å². The molecule has 0 radical (unpaired) electrons. The van der Waals surface area contributed by atoms with Crippen molar-refractivity contribution < 1.29 is 32.2 Å². The molecule has 0 bridgehead atoms. The predicted molar refractivity (Wildman–Crippen MR) is 99.4 cm³/mol. The Hall–Kier alpha value is -2.55. The van der Waals surface area contributed by atoms with Gasteiger partial charge in [0.2, 0.25) is 0 Å². The van der Waals surface area contributed by atoms with Gasteiger partial charge in [0.25, 0.3) is 5.91 Å². The van der Waals surface area contributed by atoms with E-state index in [1.54, 1.807) is 25.1 Å².